The van der Waals surface area contributed by atoms with Crippen molar-refractivity contribution in [3.63, 3.8) is 0 Å². The molecule has 8 heteroatoms. The van der Waals surface area contributed by atoms with E-state index in [4.69, 9.17) is 10.5 Å². The SMILES string of the molecule is CCc1cnc(Nc2cc(COc3ccc(NC(N)=O)c4ccccc34)ccn2)cn1. The number of rotatable bonds is 7. The molecule has 2 amide bonds. The Balaban J connectivity index is 1.50. The second-order valence-electron chi connectivity index (χ2n) is 6.86. The Labute approximate surface area is 179 Å². The van der Waals surface area contributed by atoms with Crippen molar-refractivity contribution in [1.29, 1.82) is 0 Å². The average Bonchev–Trinajstić information content (AvgIpc) is 2.79. The van der Waals surface area contributed by atoms with Crippen LogP contribution in [0.1, 0.15) is 18.2 Å². The zero-order valence-corrected chi connectivity index (χ0v) is 17.0. The van der Waals surface area contributed by atoms with Gasteiger partial charge in [-0.25, -0.2) is 14.8 Å². The Morgan fingerprint density at radius 1 is 1.00 bits per heavy atom. The summed E-state index contributed by atoms with van der Waals surface area (Å²) in [6.07, 6.45) is 5.99. The third-order valence-corrected chi connectivity index (χ3v) is 4.68. The molecule has 8 nitrogen and oxygen atoms in total. The molecule has 31 heavy (non-hydrogen) atoms. The Morgan fingerprint density at radius 3 is 2.58 bits per heavy atom. The average molecular weight is 414 g/mol. The van der Waals surface area contributed by atoms with Gasteiger partial charge in [-0.2, -0.15) is 0 Å². The molecule has 2 aromatic heterocycles. The lowest BCUT2D eigenvalue weighted by Crippen LogP contribution is -2.19. The molecule has 2 heterocycles. The van der Waals surface area contributed by atoms with Gasteiger partial charge in [0.2, 0.25) is 0 Å². The van der Waals surface area contributed by atoms with Crippen LogP contribution in [-0.4, -0.2) is 21.0 Å². The first-order valence-corrected chi connectivity index (χ1v) is 9.86. The summed E-state index contributed by atoms with van der Waals surface area (Å²) in [6, 6.07) is 14.5. The van der Waals surface area contributed by atoms with E-state index in [0.29, 0.717) is 29.7 Å². The number of urea groups is 1. The molecule has 0 aliphatic rings. The highest BCUT2D eigenvalue weighted by Gasteiger charge is 2.09. The fraction of sp³-hybridized carbons (Fsp3) is 0.130. The molecule has 4 rings (SSSR count). The lowest BCUT2D eigenvalue weighted by molar-refractivity contribution is 0.259. The summed E-state index contributed by atoms with van der Waals surface area (Å²) >= 11 is 0. The largest absolute Gasteiger partial charge is 0.488 e. The maximum atomic E-state index is 11.3. The summed E-state index contributed by atoms with van der Waals surface area (Å²) in [5, 5.41) is 7.53. The van der Waals surface area contributed by atoms with Gasteiger partial charge in [0.1, 0.15) is 24.0 Å². The van der Waals surface area contributed by atoms with Gasteiger partial charge in [-0.1, -0.05) is 31.2 Å². The van der Waals surface area contributed by atoms with Gasteiger partial charge >= 0.3 is 6.03 Å². The molecule has 0 aliphatic heterocycles. The zero-order chi connectivity index (χ0) is 21.6. The second-order valence-corrected chi connectivity index (χ2v) is 6.86. The van der Waals surface area contributed by atoms with Crippen LogP contribution in [0.5, 0.6) is 5.75 Å². The normalized spacial score (nSPS) is 10.6. The van der Waals surface area contributed by atoms with Crippen LogP contribution in [0.4, 0.5) is 22.1 Å². The van der Waals surface area contributed by atoms with Gasteiger partial charge in [-0.15, -0.1) is 0 Å². The van der Waals surface area contributed by atoms with Crippen LogP contribution in [0.15, 0.2) is 67.1 Å². The van der Waals surface area contributed by atoms with E-state index >= 15 is 0 Å². The van der Waals surface area contributed by atoms with E-state index in [1.54, 1.807) is 24.7 Å². The van der Waals surface area contributed by atoms with Crippen molar-refractivity contribution in [3.8, 4) is 5.75 Å². The van der Waals surface area contributed by atoms with Crippen molar-refractivity contribution in [2.24, 2.45) is 5.73 Å². The van der Waals surface area contributed by atoms with E-state index in [-0.39, 0.29) is 0 Å². The number of anilines is 3. The number of benzene rings is 2. The molecule has 0 bridgehead atoms. The Kier molecular flexibility index (Phi) is 5.89. The minimum Gasteiger partial charge on any atom is -0.488 e. The summed E-state index contributed by atoms with van der Waals surface area (Å²) in [5.74, 6) is 2.00. The van der Waals surface area contributed by atoms with Gasteiger partial charge in [-0.3, -0.25) is 4.98 Å². The highest BCUT2D eigenvalue weighted by Crippen LogP contribution is 2.32. The monoisotopic (exact) mass is 414 g/mol. The van der Waals surface area contributed by atoms with Crippen LogP contribution in [0.2, 0.25) is 0 Å². The van der Waals surface area contributed by atoms with Gasteiger partial charge in [0, 0.05) is 17.0 Å². The number of nitrogens with two attached hydrogens (primary N) is 1. The summed E-state index contributed by atoms with van der Waals surface area (Å²) in [6.45, 7) is 2.39. The molecule has 0 fully saturated rings. The number of amides is 2. The maximum Gasteiger partial charge on any atom is 0.316 e. The van der Waals surface area contributed by atoms with Crippen molar-refractivity contribution in [2.75, 3.05) is 10.6 Å². The number of aryl methyl sites for hydroxylation is 1. The number of hydrogen-bond donors (Lipinski definition) is 3. The third-order valence-electron chi connectivity index (χ3n) is 4.68. The molecular formula is C23H22N6O2. The molecule has 4 N–H and O–H groups in total. The lowest BCUT2D eigenvalue weighted by atomic mass is 10.1. The highest BCUT2D eigenvalue weighted by atomic mass is 16.5. The molecule has 2 aromatic carbocycles. The minimum absolute atomic E-state index is 0.351. The molecule has 0 spiro atoms. The highest BCUT2D eigenvalue weighted by molar-refractivity contribution is 6.03. The molecule has 0 saturated carbocycles. The fourth-order valence-corrected chi connectivity index (χ4v) is 3.17. The van der Waals surface area contributed by atoms with Crippen molar-refractivity contribution < 1.29 is 9.53 Å². The molecule has 0 unspecified atom stereocenters. The molecule has 0 radical (unpaired) electrons. The van der Waals surface area contributed by atoms with Gasteiger partial charge in [0.15, 0.2) is 0 Å². The number of carbonyl (C=O) groups is 1. The van der Waals surface area contributed by atoms with Crippen LogP contribution in [0.25, 0.3) is 10.8 Å². The summed E-state index contributed by atoms with van der Waals surface area (Å²) in [4.78, 5) is 24.3. The van der Waals surface area contributed by atoms with Crippen LogP contribution < -0.4 is 21.1 Å². The standard InChI is InChI=1S/C23H22N6O2/c1-2-16-12-27-22(13-26-16)29-21-11-15(9-10-25-21)14-31-20-8-7-19(28-23(24)30)17-5-3-4-6-18(17)20/h3-13H,2,14H2,1H3,(H3,24,28,30)(H,25,27,29). The predicted octanol–water partition coefficient (Wildman–Crippen LogP) is 4.40. The molecule has 0 saturated heterocycles. The van der Waals surface area contributed by atoms with E-state index in [0.717, 1.165) is 28.5 Å². The number of fused-ring (bicyclic) bond motifs is 1. The number of carbonyl (C=O) groups excluding carboxylic acids is 1. The van der Waals surface area contributed by atoms with Crippen molar-refractivity contribution >= 4 is 34.1 Å². The van der Waals surface area contributed by atoms with Crippen molar-refractivity contribution in [2.45, 2.75) is 20.0 Å². The van der Waals surface area contributed by atoms with Gasteiger partial charge in [0.25, 0.3) is 0 Å². The summed E-state index contributed by atoms with van der Waals surface area (Å²) in [7, 11) is 0. The molecular weight excluding hydrogens is 392 g/mol. The van der Waals surface area contributed by atoms with E-state index in [1.807, 2.05) is 49.4 Å². The third kappa shape index (κ3) is 4.87. The molecule has 0 atom stereocenters. The predicted molar refractivity (Wildman–Crippen MR) is 120 cm³/mol. The number of hydrogen-bond acceptors (Lipinski definition) is 6. The number of primary amides is 1. The van der Waals surface area contributed by atoms with Gasteiger partial charge in [0.05, 0.1) is 23.8 Å². The first-order valence-electron chi connectivity index (χ1n) is 9.86. The van der Waals surface area contributed by atoms with Crippen LogP contribution >= 0.6 is 0 Å². The zero-order valence-electron chi connectivity index (χ0n) is 17.0. The number of ether oxygens (including phenoxy) is 1. The lowest BCUT2D eigenvalue weighted by Gasteiger charge is -2.13. The number of nitrogens with zero attached hydrogens (tertiary/aromatic N) is 3. The van der Waals surface area contributed by atoms with Crippen LogP contribution in [0.3, 0.4) is 0 Å². The first kappa shape index (κ1) is 20.1. The van der Waals surface area contributed by atoms with Gasteiger partial charge < -0.3 is 21.1 Å². The molecule has 156 valence electrons. The fourth-order valence-electron chi connectivity index (χ4n) is 3.17. The van der Waals surface area contributed by atoms with Crippen LogP contribution in [-0.2, 0) is 13.0 Å². The number of pyridine rings is 1. The minimum atomic E-state index is -0.607. The topological polar surface area (TPSA) is 115 Å². The quantitative estimate of drug-likeness (QED) is 0.413. The van der Waals surface area contributed by atoms with Crippen molar-refractivity contribution in [3.05, 3.63) is 78.4 Å². The summed E-state index contributed by atoms with van der Waals surface area (Å²) < 4.78 is 6.07. The Hall–Kier alpha value is -4.20. The maximum absolute atomic E-state index is 11.3. The second kappa shape index (κ2) is 9.08. The van der Waals surface area contributed by atoms with E-state index < -0.39 is 6.03 Å². The Morgan fingerprint density at radius 2 is 1.84 bits per heavy atom. The van der Waals surface area contributed by atoms with Crippen LogP contribution in [0, 0.1) is 0 Å². The smallest absolute Gasteiger partial charge is 0.316 e. The number of aromatic nitrogens is 3. The summed E-state index contributed by atoms with van der Waals surface area (Å²) in [5.41, 5.74) is 7.79. The molecule has 4 aromatic rings. The van der Waals surface area contributed by atoms with Crippen molar-refractivity contribution in [1.82, 2.24) is 15.0 Å². The number of nitrogens with one attached hydrogen (secondary N) is 2. The van der Waals surface area contributed by atoms with E-state index in [2.05, 4.69) is 25.6 Å². The van der Waals surface area contributed by atoms with E-state index in [9.17, 15) is 4.79 Å². The van der Waals surface area contributed by atoms with Gasteiger partial charge in [-0.05, 0) is 36.2 Å². The Bertz CT molecular complexity index is 1210. The first-order chi connectivity index (χ1) is 15.1. The molecule has 0 aliphatic carbocycles. The van der Waals surface area contributed by atoms with E-state index in [1.165, 1.54) is 0 Å².